The van der Waals surface area contributed by atoms with E-state index in [9.17, 15) is 9.18 Å². The summed E-state index contributed by atoms with van der Waals surface area (Å²) < 4.78 is 15.3. The summed E-state index contributed by atoms with van der Waals surface area (Å²) in [6.45, 7) is 0.235. The van der Waals surface area contributed by atoms with Gasteiger partial charge in [-0.1, -0.05) is 18.2 Å². The minimum atomic E-state index is -0.287. The van der Waals surface area contributed by atoms with Gasteiger partial charge in [-0.25, -0.2) is 4.39 Å². The van der Waals surface area contributed by atoms with Crippen LogP contribution >= 0.6 is 0 Å². The highest BCUT2D eigenvalue weighted by Crippen LogP contribution is 2.06. The first kappa shape index (κ1) is 13.3. The van der Waals surface area contributed by atoms with Crippen LogP contribution in [0.15, 0.2) is 42.6 Å². The second-order valence-corrected chi connectivity index (χ2v) is 4.48. The van der Waals surface area contributed by atoms with Gasteiger partial charge in [-0.3, -0.25) is 4.79 Å². The summed E-state index contributed by atoms with van der Waals surface area (Å²) in [5.74, 6) is -0.352. The Labute approximate surface area is 112 Å². The smallest absolute Gasteiger partial charge is 0.220 e. The fraction of sp³-hybridized carbons (Fsp3) is 0.267. The number of hydrogen-bond acceptors (Lipinski definition) is 1. The average Bonchev–Trinajstić information content (AvgIpc) is 2.81. The van der Waals surface area contributed by atoms with Gasteiger partial charge in [0.15, 0.2) is 0 Å². The van der Waals surface area contributed by atoms with Crippen LogP contribution in [0.3, 0.4) is 0 Å². The summed E-state index contributed by atoms with van der Waals surface area (Å²) >= 11 is 0. The van der Waals surface area contributed by atoms with Crippen LogP contribution in [0.2, 0.25) is 0 Å². The van der Waals surface area contributed by atoms with E-state index >= 15 is 0 Å². The zero-order valence-corrected chi connectivity index (χ0v) is 10.9. The first-order valence-electron chi connectivity index (χ1n) is 6.27. The first-order valence-corrected chi connectivity index (χ1v) is 6.27. The van der Waals surface area contributed by atoms with Crippen molar-refractivity contribution in [2.45, 2.75) is 19.4 Å². The molecule has 0 radical (unpaired) electrons. The Balaban J connectivity index is 1.79. The van der Waals surface area contributed by atoms with Crippen LogP contribution in [0.4, 0.5) is 4.39 Å². The van der Waals surface area contributed by atoms with Gasteiger partial charge in [0.1, 0.15) is 5.82 Å². The number of halogens is 1. The van der Waals surface area contributed by atoms with Crippen LogP contribution in [-0.2, 0) is 24.8 Å². The molecule has 0 saturated heterocycles. The number of aryl methyl sites for hydroxylation is 2. The van der Waals surface area contributed by atoms with E-state index in [4.69, 9.17) is 0 Å². The van der Waals surface area contributed by atoms with Crippen molar-refractivity contribution in [3.63, 3.8) is 0 Å². The maximum absolute atomic E-state index is 13.3. The summed E-state index contributed by atoms with van der Waals surface area (Å²) in [5, 5.41) is 2.73. The molecule has 1 amide bonds. The molecule has 19 heavy (non-hydrogen) atoms. The van der Waals surface area contributed by atoms with Crippen LogP contribution < -0.4 is 5.32 Å². The molecule has 2 aromatic rings. The number of aromatic nitrogens is 1. The van der Waals surface area contributed by atoms with Gasteiger partial charge in [0, 0.05) is 37.5 Å². The van der Waals surface area contributed by atoms with Gasteiger partial charge in [-0.05, 0) is 24.6 Å². The van der Waals surface area contributed by atoms with Crippen molar-refractivity contribution < 1.29 is 9.18 Å². The molecule has 1 aromatic carbocycles. The van der Waals surface area contributed by atoms with Crippen LogP contribution in [0.5, 0.6) is 0 Å². The van der Waals surface area contributed by atoms with Gasteiger partial charge in [0.05, 0.1) is 0 Å². The van der Waals surface area contributed by atoms with Crippen molar-refractivity contribution in [1.29, 1.82) is 0 Å². The molecule has 0 saturated carbocycles. The fourth-order valence-electron chi connectivity index (χ4n) is 1.92. The summed E-state index contributed by atoms with van der Waals surface area (Å²) in [5.41, 5.74) is 1.62. The Morgan fingerprint density at radius 2 is 2.05 bits per heavy atom. The number of nitrogens with one attached hydrogen (secondary N) is 1. The Hall–Kier alpha value is -2.10. The van der Waals surface area contributed by atoms with Gasteiger partial charge in [-0.2, -0.15) is 0 Å². The maximum Gasteiger partial charge on any atom is 0.220 e. The lowest BCUT2D eigenvalue weighted by Crippen LogP contribution is -2.23. The Kier molecular flexibility index (Phi) is 4.34. The van der Waals surface area contributed by atoms with Gasteiger partial charge < -0.3 is 9.88 Å². The molecule has 0 aliphatic carbocycles. The molecule has 0 fully saturated rings. The standard InChI is InChI=1S/C15H17FN2O/c1-18-10-4-6-13(18)8-9-15(19)17-11-12-5-2-3-7-14(12)16/h2-7,10H,8-9,11H2,1H3,(H,17,19). The summed E-state index contributed by atoms with van der Waals surface area (Å²) in [6, 6.07) is 10.4. The molecule has 4 heteroatoms. The molecular weight excluding hydrogens is 243 g/mol. The molecule has 1 aromatic heterocycles. The molecule has 100 valence electrons. The molecule has 0 aliphatic rings. The zero-order chi connectivity index (χ0) is 13.7. The van der Waals surface area contributed by atoms with Crippen LogP contribution in [0, 0.1) is 5.82 Å². The molecule has 2 rings (SSSR count). The lowest BCUT2D eigenvalue weighted by atomic mass is 10.2. The van der Waals surface area contributed by atoms with Gasteiger partial charge in [0.25, 0.3) is 0 Å². The quantitative estimate of drug-likeness (QED) is 0.880. The summed E-state index contributed by atoms with van der Waals surface area (Å²) in [7, 11) is 1.95. The number of carbonyl (C=O) groups is 1. The first-order chi connectivity index (χ1) is 9.16. The highest BCUT2D eigenvalue weighted by molar-refractivity contribution is 5.76. The third-order valence-electron chi connectivity index (χ3n) is 3.09. The fourth-order valence-corrected chi connectivity index (χ4v) is 1.92. The second-order valence-electron chi connectivity index (χ2n) is 4.48. The lowest BCUT2D eigenvalue weighted by molar-refractivity contribution is -0.121. The molecule has 1 heterocycles. The van der Waals surface area contributed by atoms with Crippen molar-refractivity contribution in [3.8, 4) is 0 Å². The SMILES string of the molecule is Cn1cccc1CCC(=O)NCc1ccccc1F. The lowest BCUT2D eigenvalue weighted by Gasteiger charge is -2.07. The van der Waals surface area contributed by atoms with Crippen molar-refractivity contribution in [2.24, 2.45) is 7.05 Å². The third kappa shape index (κ3) is 3.68. The van der Waals surface area contributed by atoms with Crippen LogP contribution in [0.25, 0.3) is 0 Å². The van der Waals surface area contributed by atoms with E-state index in [0.29, 0.717) is 18.4 Å². The second kappa shape index (κ2) is 6.18. The molecule has 1 N–H and O–H groups in total. The number of carbonyl (C=O) groups excluding carboxylic acids is 1. The van der Waals surface area contributed by atoms with E-state index in [1.165, 1.54) is 6.07 Å². The molecule has 0 bridgehead atoms. The van der Waals surface area contributed by atoms with Crippen molar-refractivity contribution in [1.82, 2.24) is 9.88 Å². The van der Waals surface area contributed by atoms with Gasteiger partial charge in [0.2, 0.25) is 5.91 Å². The highest BCUT2D eigenvalue weighted by atomic mass is 19.1. The topological polar surface area (TPSA) is 34.0 Å². The van der Waals surface area contributed by atoms with Crippen molar-refractivity contribution >= 4 is 5.91 Å². The average molecular weight is 260 g/mol. The predicted octanol–water partition coefficient (Wildman–Crippen LogP) is 2.41. The Morgan fingerprint density at radius 1 is 1.26 bits per heavy atom. The van der Waals surface area contributed by atoms with E-state index in [1.807, 2.05) is 29.9 Å². The number of amides is 1. The molecule has 3 nitrogen and oxygen atoms in total. The van der Waals surface area contributed by atoms with E-state index in [-0.39, 0.29) is 18.3 Å². The summed E-state index contributed by atoms with van der Waals surface area (Å²) in [4.78, 5) is 11.7. The molecule has 0 unspecified atom stereocenters. The van der Waals surface area contributed by atoms with E-state index in [2.05, 4.69) is 5.32 Å². The third-order valence-corrected chi connectivity index (χ3v) is 3.09. The summed E-state index contributed by atoms with van der Waals surface area (Å²) in [6.07, 6.45) is 3.05. The van der Waals surface area contributed by atoms with E-state index < -0.39 is 0 Å². The predicted molar refractivity (Wildman–Crippen MR) is 72.0 cm³/mol. The van der Waals surface area contributed by atoms with Crippen LogP contribution in [-0.4, -0.2) is 10.5 Å². The maximum atomic E-state index is 13.3. The Morgan fingerprint density at radius 3 is 2.74 bits per heavy atom. The number of rotatable bonds is 5. The van der Waals surface area contributed by atoms with Gasteiger partial charge >= 0.3 is 0 Å². The molecule has 0 aliphatic heterocycles. The largest absolute Gasteiger partial charge is 0.354 e. The van der Waals surface area contributed by atoms with Crippen molar-refractivity contribution in [3.05, 3.63) is 59.7 Å². The molecule has 0 spiro atoms. The van der Waals surface area contributed by atoms with E-state index in [1.54, 1.807) is 18.2 Å². The number of hydrogen-bond donors (Lipinski definition) is 1. The normalized spacial score (nSPS) is 10.4. The Bertz CT molecular complexity index is 563. The highest BCUT2D eigenvalue weighted by Gasteiger charge is 2.06. The minimum absolute atomic E-state index is 0.0653. The number of nitrogens with zero attached hydrogens (tertiary/aromatic N) is 1. The monoisotopic (exact) mass is 260 g/mol. The van der Waals surface area contributed by atoms with Gasteiger partial charge in [-0.15, -0.1) is 0 Å². The van der Waals surface area contributed by atoms with Crippen molar-refractivity contribution in [2.75, 3.05) is 0 Å². The zero-order valence-electron chi connectivity index (χ0n) is 10.9. The molecule has 0 atom stereocenters. The number of benzene rings is 1. The molecular formula is C15H17FN2O. The van der Waals surface area contributed by atoms with Crippen LogP contribution in [0.1, 0.15) is 17.7 Å². The minimum Gasteiger partial charge on any atom is -0.354 e. The van der Waals surface area contributed by atoms with E-state index in [0.717, 1.165) is 5.69 Å².